The highest BCUT2D eigenvalue weighted by atomic mass is 32.2. The topological polar surface area (TPSA) is 113 Å². The molecule has 0 spiro atoms. The number of alkyl halides is 3. The second kappa shape index (κ2) is 12.1. The minimum Gasteiger partial charge on any atom is -0.331 e. The zero-order valence-electron chi connectivity index (χ0n) is 22.9. The van der Waals surface area contributed by atoms with Crippen molar-refractivity contribution >= 4 is 22.0 Å². The first-order chi connectivity index (χ1) is 19.8. The van der Waals surface area contributed by atoms with Crippen molar-refractivity contribution in [1.82, 2.24) is 14.5 Å². The molecule has 0 aliphatic heterocycles. The molecule has 1 fully saturated rings. The standard InChI is InChI=1S/C29H28F4N4O4S/c1-3-42(40,41)13-12-36(26(39)15-20-6-11-24(30)23(14-20)29(31,32)33)18(2)28-35-27(21-7-8-21)25(17-38)37(28)22-9-4-19(16-34)5-10-22/h4-6,9-11,14,17-18,21H,3,7-8,12-13,15H2,1-2H3/t18-/m1/s1. The molecule has 4 rings (SSSR count). The molecular weight excluding hydrogens is 576 g/mol. The summed E-state index contributed by atoms with van der Waals surface area (Å²) in [6.07, 6.45) is -3.26. The molecule has 0 bridgehead atoms. The number of aldehydes is 1. The Morgan fingerprint density at radius 3 is 2.43 bits per heavy atom. The molecule has 1 atom stereocenters. The second-order valence-corrected chi connectivity index (χ2v) is 12.6. The van der Waals surface area contributed by atoms with Gasteiger partial charge in [0.05, 0.1) is 41.1 Å². The van der Waals surface area contributed by atoms with Gasteiger partial charge in [-0.2, -0.15) is 18.4 Å². The molecule has 8 nitrogen and oxygen atoms in total. The van der Waals surface area contributed by atoms with Crippen molar-refractivity contribution in [2.75, 3.05) is 18.1 Å². The number of amides is 1. The highest BCUT2D eigenvalue weighted by molar-refractivity contribution is 7.91. The van der Waals surface area contributed by atoms with E-state index in [-0.39, 0.29) is 35.3 Å². The monoisotopic (exact) mass is 604 g/mol. The van der Waals surface area contributed by atoms with E-state index in [1.54, 1.807) is 35.8 Å². The lowest BCUT2D eigenvalue weighted by atomic mass is 10.1. The van der Waals surface area contributed by atoms with Gasteiger partial charge in [0.1, 0.15) is 17.3 Å². The molecule has 42 heavy (non-hydrogen) atoms. The third-order valence-electron chi connectivity index (χ3n) is 7.23. The maximum Gasteiger partial charge on any atom is 0.419 e. The van der Waals surface area contributed by atoms with Crippen LogP contribution in [0.5, 0.6) is 0 Å². The van der Waals surface area contributed by atoms with Gasteiger partial charge < -0.3 is 4.90 Å². The van der Waals surface area contributed by atoms with Gasteiger partial charge in [0, 0.05) is 23.9 Å². The lowest BCUT2D eigenvalue weighted by Gasteiger charge is -2.30. The Balaban J connectivity index is 1.78. The first kappa shape index (κ1) is 30.9. The van der Waals surface area contributed by atoms with Crippen LogP contribution in [0, 0.1) is 17.1 Å². The Morgan fingerprint density at radius 1 is 1.21 bits per heavy atom. The molecule has 1 aliphatic rings. The molecule has 0 saturated heterocycles. The summed E-state index contributed by atoms with van der Waals surface area (Å²) in [6, 6.07) is 9.70. The van der Waals surface area contributed by atoms with Crippen LogP contribution < -0.4 is 0 Å². The summed E-state index contributed by atoms with van der Waals surface area (Å²) in [5.74, 6) is -2.50. The smallest absolute Gasteiger partial charge is 0.331 e. The minimum absolute atomic E-state index is 0.0282. The van der Waals surface area contributed by atoms with Gasteiger partial charge in [-0.3, -0.25) is 14.2 Å². The van der Waals surface area contributed by atoms with Gasteiger partial charge in [-0.15, -0.1) is 0 Å². The quantitative estimate of drug-likeness (QED) is 0.221. The number of carbonyl (C=O) groups excluding carboxylic acids is 2. The fraction of sp³-hybridized carbons (Fsp3) is 0.379. The molecule has 1 heterocycles. The number of imidazole rings is 1. The number of nitriles is 1. The first-order valence-corrected chi connectivity index (χ1v) is 15.1. The van der Waals surface area contributed by atoms with E-state index in [4.69, 9.17) is 4.98 Å². The van der Waals surface area contributed by atoms with E-state index in [2.05, 4.69) is 0 Å². The van der Waals surface area contributed by atoms with Gasteiger partial charge in [0.15, 0.2) is 16.1 Å². The molecule has 1 aliphatic carbocycles. The average Bonchev–Trinajstić information content (AvgIpc) is 3.72. The Labute approximate surface area is 240 Å². The van der Waals surface area contributed by atoms with Crippen LogP contribution in [0.2, 0.25) is 0 Å². The molecule has 0 radical (unpaired) electrons. The van der Waals surface area contributed by atoms with Gasteiger partial charge in [0.2, 0.25) is 5.91 Å². The predicted molar refractivity (Wildman–Crippen MR) is 145 cm³/mol. The molecule has 0 unspecified atom stereocenters. The van der Waals surface area contributed by atoms with Gasteiger partial charge in [-0.05, 0) is 61.7 Å². The van der Waals surface area contributed by atoms with Crippen molar-refractivity contribution in [2.24, 2.45) is 0 Å². The van der Waals surface area contributed by atoms with Crippen molar-refractivity contribution in [3.05, 3.63) is 82.2 Å². The van der Waals surface area contributed by atoms with E-state index in [0.717, 1.165) is 18.9 Å². The normalized spacial score (nSPS) is 14.3. The van der Waals surface area contributed by atoms with E-state index < -0.39 is 51.5 Å². The average molecular weight is 605 g/mol. The van der Waals surface area contributed by atoms with Crippen molar-refractivity contribution in [1.29, 1.82) is 5.26 Å². The first-order valence-electron chi connectivity index (χ1n) is 13.2. The Bertz CT molecular complexity index is 1640. The number of hydrogen-bond donors (Lipinski definition) is 0. The van der Waals surface area contributed by atoms with Crippen LogP contribution in [-0.2, 0) is 27.2 Å². The summed E-state index contributed by atoms with van der Waals surface area (Å²) in [7, 11) is -3.56. The number of benzene rings is 2. The number of sulfone groups is 1. The summed E-state index contributed by atoms with van der Waals surface area (Å²) in [5, 5.41) is 9.20. The Morgan fingerprint density at radius 2 is 1.88 bits per heavy atom. The summed E-state index contributed by atoms with van der Waals surface area (Å²) >= 11 is 0. The molecule has 13 heteroatoms. The van der Waals surface area contributed by atoms with Crippen LogP contribution in [-0.4, -0.2) is 53.1 Å². The zero-order chi connectivity index (χ0) is 30.8. The summed E-state index contributed by atoms with van der Waals surface area (Å²) in [5.41, 5.74) is 0.0278. The maximum absolute atomic E-state index is 13.9. The van der Waals surface area contributed by atoms with Crippen LogP contribution in [0.3, 0.4) is 0 Å². The maximum atomic E-state index is 13.9. The summed E-state index contributed by atoms with van der Waals surface area (Å²) < 4.78 is 80.1. The van der Waals surface area contributed by atoms with Crippen LogP contribution in [0.1, 0.15) is 77.3 Å². The Hall–Kier alpha value is -4.05. The molecule has 222 valence electrons. The van der Waals surface area contributed by atoms with Crippen molar-refractivity contribution in [3.8, 4) is 11.8 Å². The highest BCUT2D eigenvalue weighted by Gasteiger charge is 2.36. The SMILES string of the molecule is CCS(=O)(=O)CCN(C(=O)Cc1ccc(F)c(C(F)(F)F)c1)[C@H](C)c1nc(C2CC2)c(C=O)n1-c1ccc(C#N)cc1. The van der Waals surface area contributed by atoms with Crippen LogP contribution in [0.15, 0.2) is 42.5 Å². The highest BCUT2D eigenvalue weighted by Crippen LogP contribution is 2.42. The number of carbonyl (C=O) groups is 2. The number of halogens is 4. The Kier molecular flexibility index (Phi) is 8.87. The van der Waals surface area contributed by atoms with Crippen molar-refractivity contribution in [3.63, 3.8) is 0 Å². The number of aromatic nitrogens is 2. The van der Waals surface area contributed by atoms with Crippen molar-refractivity contribution in [2.45, 2.75) is 51.2 Å². The molecule has 0 N–H and O–H groups in total. The zero-order valence-corrected chi connectivity index (χ0v) is 23.7. The van der Waals surface area contributed by atoms with Crippen LogP contribution in [0.4, 0.5) is 17.6 Å². The third kappa shape index (κ3) is 6.70. The fourth-order valence-electron chi connectivity index (χ4n) is 4.71. The lowest BCUT2D eigenvalue weighted by Crippen LogP contribution is -2.39. The third-order valence-corrected chi connectivity index (χ3v) is 8.92. The number of rotatable bonds is 11. The van der Waals surface area contributed by atoms with E-state index in [9.17, 15) is 40.8 Å². The molecule has 3 aromatic rings. The van der Waals surface area contributed by atoms with E-state index in [1.807, 2.05) is 6.07 Å². The van der Waals surface area contributed by atoms with Gasteiger partial charge in [0.25, 0.3) is 0 Å². The minimum atomic E-state index is -4.97. The summed E-state index contributed by atoms with van der Waals surface area (Å²) in [6.45, 7) is 2.76. The van der Waals surface area contributed by atoms with Crippen molar-refractivity contribution < 1.29 is 35.6 Å². The number of hydrogen-bond acceptors (Lipinski definition) is 6. The predicted octanol–water partition coefficient (Wildman–Crippen LogP) is 5.16. The van der Waals surface area contributed by atoms with Gasteiger partial charge in [-0.1, -0.05) is 13.0 Å². The van der Waals surface area contributed by atoms with Gasteiger partial charge in [-0.25, -0.2) is 17.8 Å². The molecule has 2 aromatic carbocycles. The number of nitrogens with zero attached hydrogens (tertiary/aromatic N) is 4. The second-order valence-electron chi connectivity index (χ2n) is 10.1. The van der Waals surface area contributed by atoms with E-state index >= 15 is 0 Å². The molecular formula is C29H28F4N4O4S. The van der Waals surface area contributed by atoms with Gasteiger partial charge >= 0.3 is 6.18 Å². The van der Waals surface area contributed by atoms with Crippen LogP contribution in [0.25, 0.3) is 5.69 Å². The van der Waals surface area contributed by atoms with Crippen LogP contribution >= 0.6 is 0 Å². The van der Waals surface area contributed by atoms with E-state index in [0.29, 0.717) is 35.4 Å². The molecule has 1 aromatic heterocycles. The van der Waals surface area contributed by atoms with E-state index in [1.165, 1.54) is 11.8 Å². The summed E-state index contributed by atoms with van der Waals surface area (Å²) in [4.78, 5) is 31.9. The fourth-order valence-corrected chi connectivity index (χ4v) is 5.47. The largest absolute Gasteiger partial charge is 0.419 e. The lowest BCUT2D eigenvalue weighted by molar-refractivity contribution is -0.140. The molecule has 1 amide bonds. The molecule has 1 saturated carbocycles.